The fraction of sp³-hybridized carbons (Fsp3) is 0.375. The van der Waals surface area contributed by atoms with Crippen LogP contribution in [0, 0.1) is 0 Å². The van der Waals surface area contributed by atoms with E-state index in [9.17, 15) is 9.59 Å². The van der Waals surface area contributed by atoms with E-state index in [1.807, 2.05) is 6.08 Å². The summed E-state index contributed by atoms with van der Waals surface area (Å²) < 4.78 is 0. The smallest absolute Gasteiger partial charge is 0.322 e. The number of nitrogens with one attached hydrogen (secondary N) is 1. The molecule has 6 heteroatoms. The molecule has 1 fully saturated rings. The van der Waals surface area contributed by atoms with Gasteiger partial charge in [0.1, 0.15) is 0 Å². The second-order valence-electron chi connectivity index (χ2n) is 5.21. The normalized spacial score (nSPS) is 13.9. The molecule has 0 bridgehead atoms. The van der Waals surface area contributed by atoms with Crippen LogP contribution in [0.15, 0.2) is 30.9 Å². The van der Waals surface area contributed by atoms with E-state index >= 15 is 0 Å². The molecule has 0 saturated carbocycles. The zero-order valence-corrected chi connectivity index (χ0v) is 13.4. The standard InChI is InChI=1S/C16H20ClN3O2/c1-3-4-5-9-19(2)15(21)12-6-7-13(17)14(11-12)20-10-8-18-16(20)22/h3,6-7,11H,1,4-5,8-10H2,2H3,(H,18,22). The number of benzene rings is 1. The predicted molar refractivity (Wildman–Crippen MR) is 88.6 cm³/mol. The molecule has 5 nitrogen and oxygen atoms in total. The van der Waals surface area contributed by atoms with Crippen LogP contribution in [0.2, 0.25) is 5.02 Å². The second-order valence-corrected chi connectivity index (χ2v) is 5.61. The quantitative estimate of drug-likeness (QED) is 0.647. The van der Waals surface area contributed by atoms with Gasteiger partial charge in [0.2, 0.25) is 0 Å². The van der Waals surface area contributed by atoms with E-state index in [0.717, 1.165) is 12.8 Å². The van der Waals surface area contributed by atoms with Gasteiger partial charge in [0.05, 0.1) is 10.7 Å². The van der Waals surface area contributed by atoms with Crippen molar-refractivity contribution in [3.63, 3.8) is 0 Å². The Kier molecular flexibility index (Phi) is 5.44. The molecule has 2 rings (SSSR count). The van der Waals surface area contributed by atoms with E-state index in [1.54, 1.807) is 35.0 Å². The Hall–Kier alpha value is -2.01. The van der Waals surface area contributed by atoms with Crippen molar-refractivity contribution in [1.82, 2.24) is 10.2 Å². The van der Waals surface area contributed by atoms with E-state index < -0.39 is 0 Å². The van der Waals surface area contributed by atoms with Crippen molar-refractivity contribution in [2.45, 2.75) is 12.8 Å². The molecule has 1 heterocycles. The third kappa shape index (κ3) is 3.60. The lowest BCUT2D eigenvalue weighted by molar-refractivity contribution is 0.0794. The molecule has 0 radical (unpaired) electrons. The van der Waals surface area contributed by atoms with E-state index in [4.69, 9.17) is 11.6 Å². The molecule has 0 spiro atoms. The van der Waals surface area contributed by atoms with Gasteiger partial charge in [-0.25, -0.2) is 4.79 Å². The number of rotatable bonds is 6. The van der Waals surface area contributed by atoms with Crippen molar-refractivity contribution in [2.75, 3.05) is 31.6 Å². The van der Waals surface area contributed by atoms with Crippen LogP contribution in [0.3, 0.4) is 0 Å². The topological polar surface area (TPSA) is 52.7 Å². The first-order valence-electron chi connectivity index (χ1n) is 7.26. The summed E-state index contributed by atoms with van der Waals surface area (Å²) in [5.41, 5.74) is 1.10. The van der Waals surface area contributed by atoms with Crippen LogP contribution in [0.25, 0.3) is 0 Å². The summed E-state index contributed by atoms with van der Waals surface area (Å²) >= 11 is 6.17. The van der Waals surface area contributed by atoms with Gasteiger partial charge in [-0.05, 0) is 31.0 Å². The Morgan fingerprint density at radius 3 is 2.95 bits per heavy atom. The maximum absolute atomic E-state index is 12.4. The number of hydrogen-bond donors (Lipinski definition) is 1. The minimum atomic E-state index is -0.189. The van der Waals surface area contributed by atoms with Gasteiger partial charge in [-0.3, -0.25) is 9.69 Å². The van der Waals surface area contributed by atoms with Gasteiger partial charge < -0.3 is 10.2 Å². The molecular formula is C16H20ClN3O2. The fourth-order valence-corrected chi connectivity index (χ4v) is 2.57. The minimum Gasteiger partial charge on any atom is -0.342 e. The number of carbonyl (C=O) groups excluding carboxylic acids is 2. The average Bonchev–Trinajstić information content (AvgIpc) is 2.93. The first-order valence-corrected chi connectivity index (χ1v) is 7.63. The van der Waals surface area contributed by atoms with Gasteiger partial charge in [0.25, 0.3) is 5.91 Å². The minimum absolute atomic E-state index is 0.0819. The highest BCUT2D eigenvalue weighted by Gasteiger charge is 2.24. The zero-order valence-electron chi connectivity index (χ0n) is 12.6. The summed E-state index contributed by atoms with van der Waals surface area (Å²) in [4.78, 5) is 27.4. The van der Waals surface area contributed by atoms with Crippen molar-refractivity contribution in [3.05, 3.63) is 41.4 Å². The van der Waals surface area contributed by atoms with Crippen molar-refractivity contribution in [3.8, 4) is 0 Å². The Labute approximate surface area is 135 Å². The van der Waals surface area contributed by atoms with Crippen molar-refractivity contribution < 1.29 is 9.59 Å². The van der Waals surface area contributed by atoms with Gasteiger partial charge >= 0.3 is 6.03 Å². The number of unbranched alkanes of at least 4 members (excludes halogenated alkanes) is 1. The third-order valence-electron chi connectivity index (χ3n) is 3.59. The summed E-state index contributed by atoms with van der Waals surface area (Å²) in [6.07, 6.45) is 3.59. The maximum atomic E-state index is 12.4. The highest BCUT2D eigenvalue weighted by molar-refractivity contribution is 6.34. The molecule has 1 saturated heterocycles. The molecule has 1 N–H and O–H groups in total. The first-order chi connectivity index (χ1) is 10.5. The van der Waals surface area contributed by atoms with Gasteiger partial charge in [-0.15, -0.1) is 6.58 Å². The zero-order chi connectivity index (χ0) is 16.1. The number of amides is 3. The van der Waals surface area contributed by atoms with E-state index in [0.29, 0.717) is 35.9 Å². The van der Waals surface area contributed by atoms with Gasteiger partial charge in [0, 0.05) is 32.2 Å². The Morgan fingerprint density at radius 2 is 2.32 bits per heavy atom. The molecule has 118 valence electrons. The molecule has 0 unspecified atom stereocenters. The Morgan fingerprint density at radius 1 is 1.55 bits per heavy atom. The molecule has 0 atom stereocenters. The molecule has 1 aromatic carbocycles. The van der Waals surface area contributed by atoms with Gasteiger partial charge in [-0.1, -0.05) is 17.7 Å². The number of allylic oxidation sites excluding steroid dienone is 1. The summed E-state index contributed by atoms with van der Waals surface area (Å²) in [6.45, 7) is 5.46. The van der Waals surface area contributed by atoms with Crippen LogP contribution in [0.1, 0.15) is 23.2 Å². The first kappa shape index (κ1) is 16.4. The summed E-state index contributed by atoms with van der Waals surface area (Å²) in [5, 5.41) is 3.19. The highest BCUT2D eigenvalue weighted by Crippen LogP contribution is 2.28. The molecular weight excluding hydrogens is 302 g/mol. The molecule has 0 aromatic heterocycles. The molecule has 3 amide bonds. The summed E-state index contributed by atoms with van der Waals surface area (Å²) in [7, 11) is 1.77. The second kappa shape index (κ2) is 7.31. The molecule has 1 aliphatic rings. The average molecular weight is 322 g/mol. The van der Waals surface area contributed by atoms with Crippen LogP contribution in [-0.4, -0.2) is 43.5 Å². The number of urea groups is 1. The maximum Gasteiger partial charge on any atom is 0.322 e. The number of carbonyl (C=O) groups is 2. The SMILES string of the molecule is C=CCCCN(C)C(=O)c1ccc(Cl)c(N2CCNC2=O)c1. The lowest BCUT2D eigenvalue weighted by Crippen LogP contribution is -2.30. The number of anilines is 1. The van der Waals surface area contributed by atoms with E-state index in [-0.39, 0.29) is 11.9 Å². The van der Waals surface area contributed by atoms with Crippen molar-refractivity contribution in [2.24, 2.45) is 0 Å². The summed E-state index contributed by atoms with van der Waals surface area (Å²) in [5.74, 6) is -0.0819. The van der Waals surface area contributed by atoms with Gasteiger partial charge in [-0.2, -0.15) is 0 Å². The molecule has 22 heavy (non-hydrogen) atoms. The number of halogens is 1. The van der Waals surface area contributed by atoms with Crippen LogP contribution in [-0.2, 0) is 0 Å². The fourth-order valence-electron chi connectivity index (χ4n) is 2.35. The van der Waals surface area contributed by atoms with E-state index in [2.05, 4.69) is 11.9 Å². The Balaban J connectivity index is 2.16. The highest BCUT2D eigenvalue weighted by atomic mass is 35.5. The summed E-state index contributed by atoms with van der Waals surface area (Å²) in [6, 6.07) is 4.84. The molecule has 0 aliphatic carbocycles. The lowest BCUT2D eigenvalue weighted by atomic mass is 10.1. The Bertz CT molecular complexity index is 589. The molecule has 1 aliphatic heterocycles. The van der Waals surface area contributed by atoms with Crippen LogP contribution in [0.4, 0.5) is 10.5 Å². The lowest BCUT2D eigenvalue weighted by Gasteiger charge is -2.20. The monoisotopic (exact) mass is 321 g/mol. The van der Waals surface area contributed by atoms with Crippen LogP contribution >= 0.6 is 11.6 Å². The van der Waals surface area contributed by atoms with Gasteiger partial charge in [0.15, 0.2) is 0 Å². The number of hydrogen-bond acceptors (Lipinski definition) is 2. The largest absolute Gasteiger partial charge is 0.342 e. The van der Waals surface area contributed by atoms with E-state index in [1.165, 1.54) is 0 Å². The predicted octanol–water partition coefficient (Wildman–Crippen LogP) is 2.91. The van der Waals surface area contributed by atoms with Crippen molar-refractivity contribution >= 4 is 29.2 Å². The third-order valence-corrected chi connectivity index (χ3v) is 3.91. The van der Waals surface area contributed by atoms with Crippen molar-refractivity contribution in [1.29, 1.82) is 0 Å². The van der Waals surface area contributed by atoms with Crippen LogP contribution < -0.4 is 10.2 Å². The molecule has 1 aromatic rings. The number of nitrogens with zero attached hydrogens (tertiary/aromatic N) is 2. The van der Waals surface area contributed by atoms with Crippen LogP contribution in [0.5, 0.6) is 0 Å².